The molecule has 0 N–H and O–H groups in total. The van der Waals surface area contributed by atoms with Crippen molar-refractivity contribution in [2.75, 3.05) is 12.4 Å². The highest BCUT2D eigenvalue weighted by molar-refractivity contribution is 8.02. The molecule has 0 fully saturated rings. The molecule has 0 aromatic carbocycles. The topological polar surface area (TPSA) is 52.6 Å². The van der Waals surface area contributed by atoms with Gasteiger partial charge >= 0.3 is 11.9 Å². The van der Waals surface area contributed by atoms with Gasteiger partial charge in [0.2, 0.25) is 0 Å². The molecule has 0 aliphatic carbocycles. The van der Waals surface area contributed by atoms with Crippen LogP contribution in [0.1, 0.15) is 18.4 Å². The molecule has 19 heavy (non-hydrogen) atoms. The number of carbonyl (C=O) groups is 2. The number of hydrogen-bond donors (Lipinski definition) is 0. The van der Waals surface area contributed by atoms with E-state index >= 15 is 0 Å². The maximum atomic E-state index is 11.4. The van der Waals surface area contributed by atoms with Crippen LogP contribution in [-0.4, -0.2) is 24.3 Å². The van der Waals surface area contributed by atoms with Crippen molar-refractivity contribution in [3.05, 3.63) is 33.4 Å². The summed E-state index contributed by atoms with van der Waals surface area (Å²) in [5, 5.41) is 5.81. The molecule has 4 nitrogen and oxygen atoms in total. The predicted octanol–water partition coefficient (Wildman–Crippen LogP) is 2.75. The standard InChI is InChI=1S/C13H14O4S2/c14-12(16-6-10-1-3-18-8-10)5-13(15)17-7-11-2-4-19-9-11/h1,3,8-9H,2,4-7H2. The number of hydrogen-bond acceptors (Lipinski definition) is 6. The molecule has 2 rings (SSSR count). The van der Waals surface area contributed by atoms with E-state index < -0.39 is 11.9 Å². The zero-order chi connectivity index (χ0) is 13.5. The van der Waals surface area contributed by atoms with E-state index in [0.717, 1.165) is 23.3 Å². The average Bonchev–Trinajstić information content (AvgIpc) is 3.07. The molecule has 0 spiro atoms. The first kappa shape index (κ1) is 14.1. The lowest BCUT2D eigenvalue weighted by Gasteiger charge is -2.05. The highest BCUT2D eigenvalue weighted by atomic mass is 32.2. The minimum atomic E-state index is -0.550. The van der Waals surface area contributed by atoms with Gasteiger partial charge in [0.15, 0.2) is 0 Å². The number of ether oxygens (including phenoxy) is 2. The Kier molecular flexibility index (Phi) is 5.47. The second kappa shape index (κ2) is 7.35. The van der Waals surface area contributed by atoms with Crippen LogP contribution in [0.4, 0.5) is 0 Å². The van der Waals surface area contributed by atoms with Crippen LogP contribution in [0, 0.1) is 0 Å². The van der Waals surface area contributed by atoms with Crippen molar-refractivity contribution in [3.63, 3.8) is 0 Å². The molecule has 0 unspecified atom stereocenters. The van der Waals surface area contributed by atoms with Gasteiger partial charge in [0.05, 0.1) is 0 Å². The van der Waals surface area contributed by atoms with Crippen molar-refractivity contribution in [2.24, 2.45) is 0 Å². The van der Waals surface area contributed by atoms with Crippen molar-refractivity contribution in [1.29, 1.82) is 0 Å². The molecule has 1 aliphatic heterocycles. The molecule has 102 valence electrons. The van der Waals surface area contributed by atoms with E-state index in [4.69, 9.17) is 9.47 Å². The predicted molar refractivity (Wildman–Crippen MR) is 74.8 cm³/mol. The van der Waals surface area contributed by atoms with E-state index in [9.17, 15) is 9.59 Å². The summed E-state index contributed by atoms with van der Waals surface area (Å²) in [6.45, 7) is 0.487. The highest BCUT2D eigenvalue weighted by Crippen LogP contribution is 2.21. The van der Waals surface area contributed by atoms with Gasteiger partial charge in [0, 0.05) is 11.3 Å². The summed E-state index contributed by atoms with van der Waals surface area (Å²) in [4.78, 5) is 22.8. The van der Waals surface area contributed by atoms with Gasteiger partial charge in [0.25, 0.3) is 0 Å². The van der Waals surface area contributed by atoms with Crippen LogP contribution < -0.4 is 0 Å². The van der Waals surface area contributed by atoms with Crippen LogP contribution in [0.2, 0.25) is 0 Å². The zero-order valence-corrected chi connectivity index (χ0v) is 11.9. The maximum Gasteiger partial charge on any atom is 0.317 e. The SMILES string of the molecule is O=C(CC(=O)OCc1ccsc1)OCC1=CSCC1. The fourth-order valence-electron chi connectivity index (χ4n) is 1.46. The van der Waals surface area contributed by atoms with Crippen molar-refractivity contribution < 1.29 is 19.1 Å². The van der Waals surface area contributed by atoms with Crippen molar-refractivity contribution in [2.45, 2.75) is 19.4 Å². The highest BCUT2D eigenvalue weighted by Gasteiger charge is 2.14. The number of carbonyl (C=O) groups excluding carboxylic acids is 2. The van der Waals surface area contributed by atoms with Gasteiger partial charge in [-0.05, 0) is 34.2 Å². The molecule has 2 heterocycles. The molecule has 1 aromatic rings. The van der Waals surface area contributed by atoms with E-state index in [-0.39, 0.29) is 19.6 Å². The monoisotopic (exact) mass is 298 g/mol. The molecule has 0 atom stereocenters. The Morgan fingerprint density at radius 3 is 2.63 bits per heavy atom. The molecular weight excluding hydrogens is 284 g/mol. The molecule has 0 radical (unpaired) electrons. The first-order valence-corrected chi connectivity index (χ1v) is 7.85. The van der Waals surface area contributed by atoms with Gasteiger partial charge in [-0.15, -0.1) is 11.8 Å². The summed E-state index contributed by atoms with van der Waals surface area (Å²) >= 11 is 3.25. The Hall–Kier alpha value is -1.27. The fraction of sp³-hybridized carbons (Fsp3) is 0.385. The first-order valence-electron chi connectivity index (χ1n) is 5.86. The molecule has 0 amide bonds. The van der Waals surface area contributed by atoms with E-state index in [0.29, 0.717) is 0 Å². The fourth-order valence-corrected chi connectivity index (χ4v) is 3.04. The molecule has 0 saturated heterocycles. The van der Waals surface area contributed by atoms with Gasteiger partial charge in [-0.1, -0.05) is 0 Å². The Labute approximate surface area is 119 Å². The third-order valence-electron chi connectivity index (χ3n) is 2.48. The van der Waals surface area contributed by atoms with E-state index in [1.54, 1.807) is 11.8 Å². The summed E-state index contributed by atoms with van der Waals surface area (Å²) in [5.41, 5.74) is 2.03. The zero-order valence-electron chi connectivity index (χ0n) is 10.3. The lowest BCUT2D eigenvalue weighted by Crippen LogP contribution is -2.14. The third-order valence-corrected chi connectivity index (χ3v) is 4.15. The molecule has 1 aromatic heterocycles. The minimum Gasteiger partial charge on any atom is -0.461 e. The number of rotatable bonds is 6. The smallest absolute Gasteiger partial charge is 0.317 e. The van der Waals surface area contributed by atoms with Gasteiger partial charge in [0.1, 0.15) is 19.6 Å². The first-order chi connectivity index (χ1) is 9.24. The van der Waals surface area contributed by atoms with Crippen molar-refractivity contribution in [1.82, 2.24) is 0 Å². The minimum absolute atomic E-state index is 0.206. The van der Waals surface area contributed by atoms with Gasteiger partial charge in [-0.25, -0.2) is 0 Å². The number of esters is 2. The lowest BCUT2D eigenvalue weighted by atomic mass is 10.2. The van der Waals surface area contributed by atoms with E-state index in [1.165, 1.54) is 11.3 Å². The lowest BCUT2D eigenvalue weighted by molar-refractivity contribution is -0.154. The van der Waals surface area contributed by atoms with E-state index in [1.807, 2.05) is 22.2 Å². The second-order valence-electron chi connectivity index (χ2n) is 4.03. The Balaban J connectivity index is 1.62. The number of thiophene rings is 1. The maximum absolute atomic E-state index is 11.4. The molecule has 1 aliphatic rings. The van der Waals surface area contributed by atoms with Crippen molar-refractivity contribution in [3.8, 4) is 0 Å². The second-order valence-corrected chi connectivity index (χ2v) is 5.78. The number of thioether (sulfide) groups is 1. The van der Waals surface area contributed by atoms with Crippen LogP contribution in [0.3, 0.4) is 0 Å². The Morgan fingerprint density at radius 1 is 1.21 bits per heavy atom. The van der Waals surface area contributed by atoms with Crippen LogP contribution in [0.5, 0.6) is 0 Å². The molecule has 6 heteroatoms. The average molecular weight is 298 g/mol. The quantitative estimate of drug-likeness (QED) is 0.597. The van der Waals surface area contributed by atoms with Crippen LogP contribution >= 0.6 is 23.1 Å². The Bertz CT molecular complexity index is 465. The normalized spacial score (nSPS) is 14.0. The van der Waals surface area contributed by atoms with E-state index in [2.05, 4.69) is 0 Å². The summed E-state index contributed by atoms with van der Waals surface area (Å²) in [7, 11) is 0. The summed E-state index contributed by atoms with van der Waals surface area (Å²) in [6.07, 6.45) is 0.616. The summed E-state index contributed by atoms with van der Waals surface area (Å²) < 4.78 is 9.99. The van der Waals surface area contributed by atoms with Crippen LogP contribution in [-0.2, 0) is 25.7 Å². The third kappa shape index (κ3) is 5.08. The largest absolute Gasteiger partial charge is 0.461 e. The van der Waals surface area contributed by atoms with Crippen LogP contribution in [0.15, 0.2) is 27.8 Å². The van der Waals surface area contributed by atoms with Gasteiger partial charge in [-0.2, -0.15) is 11.3 Å². The molecule has 0 bridgehead atoms. The molecule has 0 saturated carbocycles. The molecular formula is C13H14O4S2. The van der Waals surface area contributed by atoms with Gasteiger partial charge < -0.3 is 9.47 Å². The van der Waals surface area contributed by atoms with Crippen molar-refractivity contribution >= 4 is 35.0 Å². The summed E-state index contributed by atoms with van der Waals surface area (Å²) in [5.74, 6) is -0.0469. The van der Waals surface area contributed by atoms with Gasteiger partial charge in [-0.3, -0.25) is 9.59 Å². The van der Waals surface area contributed by atoms with Crippen LogP contribution in [0.25, 0.3) is 0 Å². The Morgan fingerprint density at radius 2 is 2.00 bits per heavy atom. The summed E-state index contributed by atoms with van der Waals surface area (Å²) in [6, 6.07) is 1.88.